The van der Waals surface area contributed by atoms with Gasteiger partial charge in [0.2, 0.25) is 0 Å². The Kier molecular flexibility index (Phi) is 4.51. The molecule has 1 amide bonds. The van der Waals surface area contributed by atoms with Crippen molar-refractivity contribution < 1.29 is 14.6 Å². The number of pyridine rings is 1. The average molecular weight is 353 g/mol. The van der Waals surface area contributed by atoms with Gasteiger partial charge < -0.3 is 20.1 Å². The van der Waals surface area contributed by atoms with Crippen LogP contribution in [-0.4, -0.2) is 35.2 Å². The number of carbonyl (C=O) groups is 1. The average Bonchev–Trinajstić information content (AvgIpc) is 3.02. The molecule has 1 aromatic carbocycles. The molecule has 2 aliphatic rings. The van der Waals surface area contributed by atoms with Gasteiger partial charge in [-0.25, -0.2) is 4.98 Å². The summed E-state index contributed by atoms with van der Waals surface area (Å²) in [4.78, 5) is 18.8. The number of piperidine rings is 1. The Bertz CT molecular complexity index is 829. The summed E-state index contributed by atoms with van der Waals surface area (Å²) in [7, 11) is 0. The number of aliphatic hydroxyl groups excluding tert-OH is 1. The lowest BCUT2D eigenvalue weighted by atomic mass is 10.1. The highest BCUT2D eigenvalue weighted by Gasteiger charge is 2.26. The van der Waals surface area contributed by atoms with Crippen molar-refractivity contribution in [2.75, 3.05) is 18.0 Å². The SMILES string of the molecule is Cc1cc2c(nc1N1CCC(Oc3cccc(CO)c3)CC1)CNC2=O. The third-order valence-electron chi connectivity index (χ3n) is 5.05. The van der Waals surface area contributed by atoms with Gasteiger partial charge in [0.1, 0.15) is 17.7 Å². The van der Waals surface area contributed by atoms with Crippen LogP contribution in [0.15, 0.2) is 30.3 Å². The van der Waals surface area contributed by atoms with Gasteiger partial charge in [0, 0.05) is 25.9 Å². The summed E-state index contributed by atoms with van der Waals surface area (Å²) < 4.78 is 6.09. The number of benzene rings is 1. The van der Waals surface area contributed by atoms with Crippen molar-refractivity contribution in [3.05, 3.63) is 52.7 Å². The molecule has 0 spiro atoms. The predicted molar refractivity (Wildman–Crippen MR) is 98.4 cm³/mol. The van der Waals surface area contributed by atoms with E-state index in [0.29, 0.717) is 12.1 Å². The highest BCUT2D eigenvalue weighted by molar-refractivity contribution is 5.98. The number of nitrogens with one attached hydrogen (secondary N) is 1. The molecule has 2 N–H and O–H groups in total. The number of hydrogen-bond acceptors (Lipinski definition) is 5. The molecule has 1 aromatic heterocycles. The Morgan fingerprint density at radius 3 is 2.88 bits per heavy atom. The van der Waals surface area contributed by atoms with Crippen LogP contribution in [0.2, 0.25) is 0 Å². The molecule has 3 heterocycles. The largest absolute Gasteiger partial charge is 0.490 e. The molecule has 136 valence electrons. The van der Waals surface area contributed by atoms with Gasteiger partial charge in [-0.05, 0) is 36.2 Å². The van der Waals surface area contributed by atoms with Crippen LogP contribution in [0.4, 0.5) is 5.82 Å². The van der Waals surface area contributed by atoms with Gasteiger partial charge in [-0.1, -0.05) is 12.1 Å². The Labute approximate surface area is 152 Å². The van der Waals surface area contributed by atoms with E-state index in [-0.39, 0.29) is 18.6 Å². The maximum atomic E-state index is 11.8. The van der Waals surface area contributed by atoms with Gasteiger partial charge in [0.15, 0.2) is 0 Å². The molecule has 0 radical (unpaired) electrons. The van der Waals surface area contributed by atoms with Crippen LogP contribution in [0.25, 0.3) is 0 Å². The molecule has 1 fully saturated rings. The van der Waals surface area contributed by atoms with Crippen molar-refractivity contribution in [1.29, 1.82) is 0 Å². The third-order valence-corrected chi connectivity index (χ3v) is 5.05. The zero-order valence-corrected chi connectivity index (χ0v) is 14.9. The summed E-state index contributed by atoms with van der Waals surface area (Å²) in [5.74, 6) is 1.76. The van der Waals surface area contributed by atoms with Crippen molar-refractivity contribution in [2.24, 2.45) is 0 Å². The van der Waals surface area contributed by atoms with E-state index in [1.54, 1.807) is 0 Å². The Morgan fingerprint density at radius 2 is 2.12 bits per heavy atom. The van der Waals surface area contributed by atoms with E-state index in [2.05, 4.69) is 10.2 Å². The van der Waals surface area contributed by atoms with E-state index in [4.69, 9.17) is 9.72 Å². The highest BCUT2D eigenvalue weighted by atomic mass is 16.5. The van der Waals surface area contributed by atoms with E-state index in [0.717, 1.165) is 54.3 Å². The molecule has 0 bridgehead atoms. The van der Waals surface area contributed by atoms with Gasteiger partial charge in [0.25, 0.3) is 5.91 Å². The minimum absolute atomic E-state index is 0.0241. The lowest BCUT2D eigenvalue weighted by Crippen LogP contribution is -2.39. The van der Waals surface area contributed by atoms with Crippen LogP contribution < -0.4 is 15.0 Å². The predicted octanol–water partition coefficient (Wildman–Crippen LogP) is 2.17. The quantitative estimate of drug-likeness (QED) is 0.881. The minimum Gasteiger partial charge on any atom is -0.490 e. The van der Waals surface area contributed by atoms with Crippen molar-refractivity contribution >= 4 is 11.7 Å². The van der Waals surface area contributed by atoms with Gasteiger partial charge in [-0.15, -0.1) is 0 Å². The second-order valence-electron chi connectivity index (χ2n) is 6.92. The van der Waals surface area contributed by atoms with Crippen LogP contribution in [0, 0.1) is 6.92 Å². The number of carbonyl (C=O) groups excluding carboxylic acids is 1. The number of hydrogen-bond donors (Lipinski definition) is 2. The maximum absolute atomic E-state index is 11.8. The minimum atomic E-state index is -0.0284. The zero-order valence-electron chi connectivity index (χ0n) is 14.9. The second-order valence-corrected chi connectivity index (χ2v) is 6.92. The Hall–Kier alpha value is -2.60. The van der Waals surface area contributed by atoms with Gasteiger partial charge in [-0.3, -0.25) is 4.79 Å². The van der Waals surface area contributed by atoms with Gasteiger partial charge in [-0.2, -0.15) is 0 Å². The lowest BCUT2D eigenvalue weighted by molar-refractivity contribution is 0.0965. The lowest BCUT2D eigenvalue weighted by Gasteiger charge is -2.34. The first kappa shape index (κ1) is 16.8. The van der Waals surface area contributed by atoms with Crippen LogP contribution >= 0.6 is 0 Å². The fraction of sp³-hybridized carbons (Fsp3) is 0.400. The molecule has 0 unspecified atom stereocenters. The van der Waals surface area contributed by atoms with E-state index >= 15 is 0 Å². The van der Waals surface area contributed by atoms with Crippen LogP contribution in [0.1, 0.15) is 40.0 Å². The molecule has 1 saturated heterocycles. The van der Waals surface area contributed by atoms with E-state index < -0.39 is 0 Å². The first-order chi connectivity index (χ1) is 12.6. The van der Waals surface area contributed by atoms with Crippen molar-refractivity contribution in [1.82, 2.24) is 10.3 Å². The van der Waals surface area contributed by atoms with E-state index in [1.165, 1.54) is 0 Å². The first-order valence-electron chi connectivity index (χ1n) is 9.04. The van der Waals surface area contributed by atoms with Crippen LogP contribution in [-0.2, 0) is 13.2 Å². The summed E-state index contributed by atoms with van der Waals surface area (Å²) in [5, 5.41) is 12.1. The molecule has 26 heavy (non-hydrogen) atoms. The molecule has 2 aromatic rings. The number of fused-ring (bicyclic) bond motifs is 1. The number of rotatable bonds is 4. The number of nitrogens with zero attached hydrogens (tertiary/aromatic N) is 2. The standard InChI is InChI=1S/C20H23N3O3/c1-13-9-17-18(11-21-20(17)25)22-19(13)23-7-5-15(6-8-23)26-16-4-2-3-14(10-16)12-24/h2-4,9-10,15,24H,5-8,11-12H2,1H3,(H,21,25). The molecule has 2 aliphatic heterocycles. The van der Waals surface area contributed by atoms with Crippen LogP contribution in [0.3, 0.4) is 0 Å². The fourth-order valence-electron chi connectivity index (χ4n) is 3.65. The second kappa shape index (κ2) is 6.96. The molecule has 6 nitrogen and oxygen atoms in total. The highest BCUT2D eigenvalue weighted by Crippen LogP contribution is 2.27. The van der Waals surface area contributed by atoms with E-state index in [9.17, 15) is 9.90 Å². The summed E-state index contributed by atoms with van der Waals surface area (Å²) in [6, 6.07) is 9.56. The van der Waals surface area contributed by atoms with Gasteiger partial charge in [0.05, 0.1) is 24.4 Å². The fourth-order valence-corrected chi connectivity index (χ4v) is 3.65. The Morgan fingerprint density at radius 1 is 1.31 bits per heavy atom. The van der Waals surface area contributed by atoms with Crippen molar-refractivity contribution in [3.8, 4) is 5.75 Å². The topological polar surface area (TPSA) is 74.7 Å². The maximum Gasteiger partial charge on any atom is 0.253 e. The number of aromatic nitrogens is 1. The van der Waals surface area contributed by atoms with Crippen molar-refractivity contribution in [3.63, 3.8) is 0 Å². The summed E-state index contributed by atoms with van der Waals surface area (Å²) in [5.41, 5.74) is 3.44. The number of aliphatic hydroxyl groups is 1. The monoisotopic (exact) mass is 353 g/mol. The van der Waals surface area contributed by atoms with Crippen molar-refractivity contribution in [2.45, 2.75) is 39.0 Å². The van der Waals surface area contributed by atoms with Gasteiger partial charge >= 0.3 is 0 Å². The molecular formula is C20H23N3O3. The molecule has 0 atom stereocenters. The number of aryl methyl sites for hydroxylation is 1. The molecule has 6 heteroatoms. The first-order valence-corrected chi connectivity index (χ1v) is 9.04. The number of anilines is 1. The summed E-state index contributed by atoms with van der Waals surface area (Å²) in [6.07, 6.45) is 2.00. The molecule has 4 rings (SSSR count). The molecule has 0 aliphatic carbocycles. The Balaban J connectivity index is 1.41. The normalized spacial score (nSPS) is 17.2. The van der Waals surface area contributed by atoms with E-state index in [1.807, 2.05) is 37.3 Å². The molecular weight excluding hydrogens is 330 g/mol. The number of amides is 1. The smallest absolute Gasteiger partial charge is 0.253 e. The summed E-state index contributed by atoms with van der Waals surface area (Å²) in [6.45, 7) is 4.30. The zero-order chi connectivity index (χ0) is 18.1. The molecule has 0 saturated carbocycles. The van der Waals surface area contributed by atoms with Crippen LogP contribution in [0.5, 0.6) is 5.75 Å². The summed E-state index contributed by atoms with van der Waals surface area (Å²) >= 11 is 0. The number of ether oxygens (including phenoxy) is 1. The third kappa shape index (κ3) is 3.24.